The van der Waals surface area contributed by atoms with E-state index in [0.29, 0.717) is 12.1 Å². The van der Waals surface area contributed by atoms with Gasteiger partial charge in [-0.1, -0.05) is 11.6 Å². The van der Waals surface area contributed by atoms with Crippen LogP contribution in [0.5, 0.6) is 0 Å². The molecule has 1 aromatic heterocycles. The lowest BCUT2D eigenvalue weighted by molar-refractivity contribution is -0.309. The highest BCUT2D eigenvalue weighted by molar-refractivity contribution is 6.31. The summed E-state index contributed by atoms with van der Waals surface area (Å²) in [6.07, 6.45) is -2.48. The fraction of sp³-hybridized carbons (Fsp3) is 0.118. The van der Waals surface area contributed by atoms with Gasteiger partial charge in [0, 0.05) is 17.2 Å². The average Bonchev–Trinajstić information content (AvgIpc) is 2.52. The van der Waals surface area contributed by atoms with Gasteiger partial charge < -0.3 is 0 Å². The number of rotatable bonds is 2. The molecule has 9 heteroatoms. The number of allylic oxidation sites excluding steroid dienone is 2. The Labute approximate surface area is 148 Å². The molecule has 1 aromatic carbocycles. The molecule has 1 aliphatic carbocycles. The second kappa shape index (κ2) is 6.18. The molecule has 1 heterocycles. The van der Waals surface area contributed by atoms with E-state index in [0.717, 1.165) is 12.1 Å². The van der Waals surface area contributed by atoms with Crippen LogP contribution in [0, 0.1) is 17.8 Å². The lowest BCUT2D eigenvalue weighted by Crippen LogP contribution is -2.22. The lowest BCUT2D eigenvalue weighted by atomic mass is 9.87. The van der Waals surface area contributed by atoms with Crippen LogP contribution in [0.4, 0.5) is 22.0 Å². The van der Waals surface area contributed by atoms with Crippen molar-refractivity contribution in [1.29, 1.82) is 0 Å². The highest BCUT2D eigenvalue weighted by atomic mass is 35.5. The molecule has 0 aliphatic heterocycles. The quantitative estimate of drug-likeness (QED) is 0.741. The molecule has 0 fully saturated rings. The molecule has 0 saturated heterocycles. The number of benzene rings is 1. The van der Waals surface area contributed by atoms with Crippen molar-refractivity contribution in [1.82, 2.24) is 0 Å². The van der Waals surface area contributed by atoms with Crippen molar-refractivity contribution in [2.24, 2.45) is 0 Å². The number of carbonyl (C=O) groups excluding carboxylic acids is 2. The summed E-state index contributed by atoms with van der Waals surface area (Å²) in [6, 6.07) is 1.79. The minimum Gasteiger partial charge on any atom is -0.289 e. The topological polar surface area (TPSA) is 48.2 Å². The molecule has 1 aliphatic rings. The van der Waals surface area contributed by atoms with Crippen molar-refractivity contribution < 1.29 is 36.5 Å². The molecule has 0 bridgehead atoms. The Morgan fingerprint density at radius 3 is 2.42 bits per heavy atom. The average molecular weight is 387 g/mol. The highest BCUT2D eigenvalue weighted by Gasteiger charge is 2.37. The van der Waals surface area contributed by atoms with E-state index in [1.54, 1.807) is 6.20 Å². The summed E-state index contributed by atoms with van der Waals surface area (Å²) in [5.41, 5.74) is -2.58. The van der Waals surface area contributed by atoms with E-state index < -0.39 is 52.5 Å². The van der Waals surface area contributed by atoms with Gasteiger partial charge in [-0.2, -0.15) is 13.2 Å². The summed E-state index contributed by atoms with van der Waals surface area (Å²) >= 11 is 5.76. The molecule has 0 radical (unpaired) electrons. The Balaban J connectivity index is 1.97. The van der Waals surface area contributed by atoms with Gasteiger partial charge in [0.05, 0.1) is 12.0 Å². The van der Waals surface area contributed by atoms with Gasteiger partial charge in [-0.05, 0) is 23.2 Å². The monoisotopic (exact) mass is 386 g/mol. The predicted octanol–water partition coefficient (Wildman–Crippen LogP) is 3.59. The van der Waals surface area contributed by atoms with Gasteiger partial charge in [0.1, 0.15) is 16.7 Å². The molecule has 0 unspecified atom stereocenters. The number of carbonyl (C=O) groups is 2. The number of fused-ring (bicyclic) bond motifs is 1. The second-order valence-electron chi connectivity index (χ2n) is 5.42. The fourth-order valence-electron chi connectivity index (χ4n) is 2.47. The maximum absolute atomic E-state index is 13.9. The van der Waals surface area contributed by atoms with E-state index in [-0.39, 0.29) is 16.3 Å². The Hall–Kier alpha value is -2.79. The van der Waals surface area contributed by atoms with Crippen molar-refractivity contribution in [2.45, 2.75) is 12.6 Å². The van der Waals surface area contributed by atoms with E-state index >= 15 is 0 Å². The molecular formula is C17H6ClF5NO2+. The lowest BCUT2D eigenvalue weighted by Gasteiger charge is -2.14. The Bertz CT molecular complexity index is 982. The first-order valence-corrected chi connectivity index (χ1v) is 7.38. The number of alkyl halides is 3. The number of Topliss-reactive ketones (excluding diaryl/α,β-unsaturated/α-hetero) is 1. The fourth-order valence-corrected chi connectivity index (χ4v) is 2.68. The maximum atomic E-state index is 13.9. The van der Waals surface area contributed by atoms with Gasteiger partial charge in [0.2, 0.25) is 0 Å². The number of halogens is 6. The minimum absolute atomic E-state index is 0.141. The minimum atomic E-state index is -4.70. The first-order chi connectivity index (χ1) is 12.1. The van der Waals surface area contributed by atoms with Crippen LogP contribution in [-0.4, -0.2) is 11.6 Å². The summed E-state index contributed by atoms with van der Waals surface area (Å²) in [5, 5.41) is -0.386. The van der Waals surface area contributed by atoms with Crippen molar-refractivity contribution in [3.63, 3.8) is 0 Å². The van der Waals surface area contributed by atoms with Crippen molar-refractivity contribution in [2.75, 3.05) is 0 Å². The van der Waals surface area contributed by atoms with Crippen LogP contribution in [0.25, 0.3) is 0 Å². The van der Waals surface area contributed by atoms with Crippen LogP contribution in [0.3, 0.4) is 0 Å². The van der Waals surface area contributed by atoms with E-state index in [1.165, 1.54) is 0 Å². The van der Waals surface area contributed by atoms with E-state index in [2.05, 4.69) is 4.98 Å². The van der Waals surface area contributed by atoms with Crippen molar-refractivity contribution in [3.05, 3.63) is 75.1 Å². The Kier molecular flexibility index (Phi) is 4.28. The summed E-state index contributed by atoms with van der Waals surface area (Å²) in [6.45, 7) is 0. The van der Waals surface area contributed by atoms with Crippen LogP contribution in [0.15, 0.2) is 29.8 Å². The molecule has 0 N–H and O–H groups in total. The van der Waals surface area contributed by atoms with Gasteiger partial charge in [-0.15, -0.1) is 0 Å². The summed E-state index contributed by atoms with van der Waals surface area (Å²) in [7, 11) is 0. The van der Waals surface area contributed by atoms with E-state index in [4.69, 9.17) is 11.6 Å². The van der Waals surface area contributed by atoms with Gasteiger partial charge in [0.25, 0.3) is 0 Å². The number of hydrogen-bond donors (Lipinski definition) is 0. The first kappa shape index (κ1) is 18.0. The zero-order valence-electron chi connectivity index (χ0n) is 12.5. The van der Waals surface area contributed by atoms with E-state index in [1.807, 2.05) is 0 Å². The zero-order valence-corrected chi connectivity index (χ0v) is 13.3. The normalized spacial score (nSPS) is 14.0. The van der Waals surface area contributed by atoms with Crippen LogP contribution in [0.2, 0.25) is 5.02 Å². The van der Waals surface area contributed by atoms with Crippen molar-refractivity contribution in [3.8, 4) is 0 Å². The molecule has 3 nitrogen and oxygen atoms in total. The summed E-state index contributed by atoms with van der Waals surface area (Å²) in [4.78, 5) is 27.9. The molecule has 0 saturated carbocycles. The van der Waals surface area contributed by atoms with Gasteiger partial charge in [0.15, 0.2) is 17.1 Å². The number of aromatic nitrogens is 1. The third-order valence-corrected chi connectivity index (χ3v) is 3.99. The molecular weight excluding hydrogens is 381 g/mol. The molecule has 132 valence electrons. The Morgan fingerprint density at radius 1 is 1.12 bits per heavy atom. The highest BCUT2D eigenvalue weighted by Crippen LogP contribution is 2.31. The molecule has 3 rings (SSSR count). The van der Waals surface area contributed by atoms with Crippen LogP contribution >= 0.6 is 11.6 Å². The number of hydrogen-bond acceptors (Lipinski definition) is 2. The molecule has 0 atom stereocenters. The second-order valence-corrected chi connectivity index (χ2v) is 5.83. The van der Waals surface area contributed by atoms with E-state index in [9.17, 15) is 31.5 Å². The van der Waals surface area contributed by atoms with Gasteiger partial charge >= 0.3 is 18.1 Å². The van der Waals surface area contributed by atoms with Gasteiger partial charge in [-0.3, -0.25) is 9.59 Å². The number of ketones is 2. The molecule has 26 heavy (non-hydrogen) atoms. The zero-order chi connectivity index (χ0) is 19.2. The number of nitrogens with zero attached hydrogens (tertiary/aromatic N) is 1. The smallest absolute Gasteiger partial charge is 0.289 e. The molecule has 0 spiro atoms. The molecule has 2 aromatic rings. The standard InChI is InChI=1S/C17H6ClF5NO2/c18-11-3-8(17(21,22)23)6-24-13(11)1-7-2-14(25)10-4-9(19)5-12(20)15(10)16(7)26/h2-5H,1H2/q+1. The maximum Gasteiger partial charge on any atom is 0.430 e. The third-order valence-electron chi connectivity index (χ3n) is 3.67. The van der Waals surface area contributed by atoms with Crippen LogP contribution < -0.4 is 4.98 Å². The first-order valence-electron chi connectivity index (χ1n) is 7.01. The largest absolute Gasteiger partial charge is 0.430 e. The van der Waals surface area contributed by atoms with Gasteiger partial charge in [-0.25, -0.2) is 8.78 Å². The summed E-state index contributed by atoms with van der Waals surface area (Å²) in [5.74, 6) is -3.92. The summed E-state index contributed by atoms with van der Waals surface area (Å²) < 4.78 is 65.0. The van der Waals surface area contributed by atoms with Crippen molar-refractivity contribution >= 4 is 23.2 Å². The molecule has 0 amide bonds. The van der Waals surface area contributed by atoms with Crippen LogP contribution in [0.1, 0.15) is 32.0 Å². The third kappa shape index (κ3) is 3.18. The SMILES string of the molecule is O=C1C=C(Cc2[n+]#cc(C(F)(F)F)cc2Cl)C(=O)c2c(F)cc(F)cc21. The van der Waals surface area contributed by atoms with Crippen LogP contribution in [-0.2, 0) is 12.6 Å². The predicted molar refractivity (Wildman–Crippen MR) is 77.7 cm³/mol. The Morgan fingerprint density at radius 2 is 1.81 bits per heavy atom.